The normalized spacial score (nSPS) is 24.1. The molecule has 2 aliphatic heterocycles. The molecule has 4 rings (SSSR count). The lowest BCUT2D eigenvalue weighted by atomic mass is 9.92. The summed E-state index contributed by atoms with van der Waals surface area (Å²) in [6.45, 7) is 5.89. The third-order valence-electron chi connectivity index (χ3n) is 5.34. The number of nitrogens with one attached hydrogen (secondary N) is 1. The lowest BCUT2D eigenvalue weighted by molar-refractivity contribution is 0.0728. The van der Waals surface area contributed by atoms with E-state index in [1.54, 1.807) is 0 Å². The van der Waals surface area contributed by atoms with Crippen LogP contribution in [0.5, 0.6) is 0 Å². The number of furan rings is 1. The molecular weight excluding hydrogens is 312 g/mol. The third kappa shape index (κ3) is 2.86. The van der Waals surface area contributed by atoms with Crippen LogP contribution < -0.4 is 5.32 Å². The zero-order chi connectivity index (χ0) is 15.1. The fraction of sp³-hybridized carbons (Fsp3) is 0.500. The number of hydrogen-bond donors (Lipinski definition) is 1. The molecule has 2 aromatic rings. The van der Waals surface area contributed by atoms with Crippen LogP contribution in [0.4, 0.5) is 0 Å². The predicted octanol–water partition coefficient (Wildman–Crippen LogP) is 3.23. The van der Waals surface area contributed by atoms with Crippen molar-refractivity contribution in [1.29, 1.82) is 0 Å². The van der Waals surface area contributed by atoms with E-state index in [0.717, 1.165) is 67.4 Å². The first-order valence-electron chi connectivity index (χ1n) is 8.22. The van der Waals surface area contributed by atoms with Gasteiger partial charge in [0.25, 0.3) is 5.91 Å². The monoisotopic (exact) mass is 334 g/mol. The minimum Gasteiger partial charge on any atom is -0.451 e. The Morgan fingerprint density at radius 1 is 1.17 bits per heavy atom. The molecule has 0 spiro atoms. The van der Waals surface area contributed by atoms with E-state index in [1.807, 2.05) is 36.1 Å². The second-order valence-corrected chi connectivity index (χ2v) is 6.60. The molecule has 0 unspecified atom stereocenters. The third-order valence-corrected chi connectivity index (χ3v) is 5.34. The molecule has 0 bridgehead atoms. The molecule has 2 saturated heterocycles. The Balaban J connectivity index is 0.00000156. The van der Waals surface area contributed by atoms with Gasteiger partial charge in [0, 0.05) is 24.0 Å². The number of amides is 1. The Morgan fingerprint density at radius 2 is 1.83 bits per heavy atom. The number of benzene rings is 1. The molecule has 124 valence electrons. The number of nitrogens with zero attached hydrogens (tertiary/aromatic N) is 1. The number of aryl methyl sites for hydroxylation is 1. The van der Waals surface area contributed by atoms with Crippen LogP contribution in [-0.2, 0) is 0 Å². The molecule has 4 nitrogen and oxygen atoms in total. The summed E-state index contributed by atoms with van der Waals surface area (Å²) in [6, 6.07) is 7.87. The van der Waals surface area contributed by atoms with E-state index in [9.17, 15) is 4.79 Å². The first-order valence-corrected chi connectivity index (χ1v) is 8.22. The summed E-state index contributed by atoms with van der Waals surface area (Å²) in [5.41, 5.74) is 1.77. The van der Waals surface area contributed by atoms with Crippen molar-refractivity contribution >= 4 is 29.3 Å². The highest BCUT2D eigenvalue weighted by molar-refractivity contribution is 5.98. The Bertz CT molecular complexity index is 698. The van der Waals surface area contributed by atoms with Crippen LogP contribution in [0.15, 0.2) is 28.7 Å². The van der Waals surface area contributed by atoms with Crippen molar-refractivity contribution in [2.75, 3.05) is 26.2 Å². The molecule has 0 radical (unpaired) electrons. The summed E-state index contributed by atoms with van der Waals surface area (Å²) in [5, 5.41) is 4.52. The smallest absolute Gasteiger partial charge is 0.289 e. The lowest BCUT2D eigenvalue weighted by Crippen LogP contribution is -2.32. The van der Waals surface area contributed by atoms with Gasteiger partial charge in [0.05, 0.1) is 0 Å². The van der Waals surface area contributed by atoms with Crippen molar-refractivity contribution in [3.8, 4) is 0 Å². The SMILES string of the molecule is Cc1c(C(=O)N2CC[C@@H]3CNC[C@@H]3CC2)oc2ccccc12.Cl. The molecule has 1 aromatic heterocycles. The minimum atomic E-state index is 0. The van der Waals surface area contributed by atoms with Crippen LogP contribution in [0, 0.1) is 18.8 Å². The van der Waals surface area contributed by atoms with Crippen LogP contribution >= 0.6 is 12.4 Å². The van der Waals surface area contributed by atoms with Crippen LogP contribution in [-0.4, -0.2) is 37.0 Å². The standard InChI is InChI=1S/C18H22N2O2.ClH/c1-12-15-4-2-3-5-16(15)22-17(12)18(21)20-8-6-13-10-19-11-14(13)7-9-20;/h2-5,13-14,19H,6-11H2,1H3;1H/t13-,14+;. The van der Waals surface area contributed by atoms with E-state index in [1.165, 1.54) is 0 Å². The molecule has 1 amide bonds. The number of para-hydroxylation sites is 1. The maximum Gasteiger partial charge on any atom is 0.289 e. The maximum atomic E-state index is 12.9. The molecule has 1 aromatic carbocycles. The van der Waals surface area contributed by atoms with Crippen LogP contribution in [0.2, 0.25) is 0 Å². The summed E-state index contributed by atoms with van der Waals surface area (Å²) in [4.78, 5) is 14.9. The molecule has 2 aliphatic rings. The van der Waals surface area contributed by atoms with Crippen molar-refractivity contribution in [2.45, 2.75) is 19.8 Å². The molecule has 5 heteroatoms. The number of carbonyl (C=O) groups excluding carboxylic acids is 1. The van der Waals surface area contributed by atoms with Gasteiger partial charge in [0.2, 0.25) is 0 Å². The van der Waals surface area contributed by atoms with E-state index in [4.69, 9.17) is 4.42 Å². The van der Waals surface area contributed by atoms with Gasteiger partial charge >= 0.3 is 0 Å². The van der Waals surface area contributed by atoms with Gasteiger partial charge in [-0.25, -0.2) is 0 Å². The van der Waals surface area contributed by atoms with Crippen LogP contribution in [0.25, 0.3) is 11.0 Å². The van der Waals surface area contributed by atoms with Gasteiger partial charge in [0.15, 0.2) is 5.76 Å². The molecule has 0 saturated carbocycles. The largest absolute Gasteiger partial charge is 0.451 e. The summed E-state index contributed by atoms with van der Waals surface area (Å²) < 4.78 is 5.85. The highest BCUT2D eigenvalue weighted by Crippen LogP contribution is 2.30. The van der Waals surface area contributed by atoms with Crippen molar-refractivity contribution in [3.05, 3.63) is 35.6 Å². The highest BCUT2D eigenvalue weighted by Gasteiger charge is 2.32. The zero-order valence-corrected chi connectivity index (χ0v) is 14.2. The fourth-order valence-electron chi connectivity index (χ4n) is 3.94. The van der Waals surface area contributed by atoms with Gasteiger partial charge in [-0.2, -0.15) is 0 Å². The number of carbonyl (C=O) groups is 1. The van der Waals surface area contributed by atoms with Gasteiger partial charge in [-0.15, -0.1) is 12.4 Å². The van der Waals surface area contributed by atoms with Gasteiger partial charge in [-0.05, 0) is 50.8 Å². The first kappa shape index (κ1) is 16.3. The molecule has 2 atom stereocenters. The topological polar surface area (TPSA) is 45.5 Å². The summed E-state index contributed by atoms with van der Waals surface area (Å²) >= 11 is 0. The fourth-order valence-corrected chi connectivity index (χ4v) is 3.94. The Morgan fingerprint density at radius 3 is 2.48 bits per heavy atom. The molecular formula is C18H23ClN2O2. The number of fused-ring (bicyclic) bond motifs is 2. The van der Waals surface area contributed by atoms with E-state index < -0.39 is 0 Å². The Hall–Kier alpha value is -1.52. The maximum absolute atomic E-state index is 12.9. The number of likely N-dealkylation sites (tertiary alicyclic amines) is 1. The average molecular weight is 335 g/mol. The first-order chi connectivity index (χ1) is 10.7. The summed E-state index contributed by atoms with van der Waals surface area (Å²) in [5.74, 6) is 2.04. The lowest BCUT2D eigenvalue weighted by Gasteiger charge is -2.20. The van der Waals surface area contributed by atoms with Crippen molar-refractivity contribution in [1.82, 2.24) is 10.2 Å². The Labute approximate surface area is 142 Å². The van der Waals surface area contributed by atoms with E-state index in [0.29, 0.717) is 5.76 Å². The average Bonchev–Trinajstić information content (AvgIpc) is 3.06. The summed E-state index contributed by atoms with van der Waals surface area (Å²) in [6.07, 6.45) is 2.20. The highest BCUT2D eigenvalue weighted by atomic mass is 35.5. The number of rotatable bonds is 1. The van der Waals surface area contributed by atoms with Crippen molar-refractivity contribution < 1.29 is 9.21 Å². The van der Waals surface area contributed by atoms with Gasteiger partial charge in [-0.1, -0.05) is 18.2 Å². The van der Waals surface area contributed by atoms with Gasteiger partial charge < -0.3 is 14.6 Å². The van der Waals surface area contributed by atoms with Crippen LogP contribution in [0.1, 0.15) is 29.0 Å². The predicted molar refractivity (Wildman–Crippen MR) is 93.2 cm³/mol. The van der Waals surface area contributed by atoms with Gasteiger partial charge in [0.1, 0.15) is 5.58 Å². The number of hydrogen-bond acceptors (Lipinski definition) is 3. The minimum absolute atomic E-state index is 0. The van der Waals surface area contributed by atoms with Crippen molar-refractivity contribution in [2.24, 2.45) is 11.8 Å². The quantitative estimate of drug-likeness (QED) is 0.870. The molecule has 23 heavy (non-hydrogen) atoms. The Kier molecular flexibility index (Phi) is 4.64. The number of halogens is 1. The van der Waals surface area contributed by atoms with E-state index >= 15 is 0 Å². The summed E-state index contributed by atoms with van der Waals surface area (Å²) in [7, 11) is 0. The molecule has 1 N–H and O–H groups in total. The van der Waals surface area contributed by atoms with Crippen molar-refractivity contribution in [3.63, 3.8) is 0 Å². The van der Waals surface area contributed by atoms with Gasteiger partial charge in [-0.3, -0.25) is 4.79 Å². The zero-order valence-electron chi connectivity index (χ0n) is 13.4. The second-order valence-electron chi connectivity index (χ2n) is 6.60. The van der Waals surface area contributed by atoms with E-state index in [2.05, 4.69) is 5.32 Å². The second kappa shape index (κ2) is 6.54. The van der Waals surface area contributed by atoms with E-state index in [-0.39, 0.29) is 18.3 Å². The molecule has 0 aliphatic carbocycles. The molecule has 3 heterocycles. The molecule has 2 fully saturated rings. The van der Waals surface area contributed by atoms with Crippen LogP contribution in [0.3, 0.4) is 0 Å².